The Morgan fingerprint density at radius 1 is 0.960 bits per heavy atom. The SMILES string of the molecule is C=CCNC(=O)C(=O)C(CCC(F)(F)F)NC(=O)[C@@H]1[C@H]2CC(C)(C)[C@H]2CN1C(O)[C@@H](NC(=O)N[C@H](C(=O)N1CCCC1)C(C)(C)C)C(C)(C)C. The number of Topliss-reactive ketones (excluding diaryl/α,β-unsaturated/α-hetero) is 1. The molecule has 3 aliphatic rings. The third kappa shape index (κ3) is 9.98. The van der Waals surface area contributed by atoms with Crippen LogP contribution >= 0.6 is 0 Å². The molecule has 0 bridgehead atoms. The lowest BCUT2D eigenvalue weighted by Gasteiger charge is -2.48. The van der Waals surface area contributed by atoms with Crippen LogP contribution in [0, 0.1) is 28.1 Å². The molecule has 5 amide bonds. The average Bonchev–Trinajstić information content (AvgIpc) is 3.64. The van der Waals surface area contributed by atoms with Gasteiger partial charge in [0.2, 0.25) is 17.6 Å². The first kappa shape index (κ1) is 41.2. The highest BCUT2D eigenvalue weighted by Crippen LogP contribution is 2.57. The average molecular weight is 715 g/mol. The molecule has 12 nitrogen and oxygen atoms in total. The van der Waals surface area contributed by atoms with Gasteiger partial charge in [-0.15, -0.1) is 6.58 Å². The van der Waals surface area contributed by atoms with Gasteiger partial charge in [0, 0.05) is 32.6 Å². The maximum absolute atomic E-state index is 14.0. The van der Waals surface area contributed by atoms with Gasteiger partial charge in [-0.05, 0) is 53.8 Å². The van der Waals surface area contributed by atoms with Crippen molar-refractivity contribution in [1.82, 2.24) is 31.1 Å². The number of nitrogens with zero attached hydrogens (tertiary/aromatic N) is 2. The quantitative estimate of drug-likeness (QED) is 0.145. The lowest BCUT2D eigenvalue weighted by molar-refractivity contribution is -0.147. The van der Waals surface area contributed by atoms with Gasteiger partial charge in [0.15, 0.2) is 0 Å². The first-order valence-electron chi connectivity index (χ1n) is 17.5. The zero-order valence-electron chi connectivity index (χ0n) is 30.7. The number of hydrogen-bond donors (Lipinski definition) is 5. The third-order valence-corrected chi connectivity index (χ3v) is 10.4. The van der Waals surface area contributed by atoms with Crippen LogP contribution < -0.4 is 21.3 Å². The van der Waals surface area contributed by atoms with Crippen LogP contribution in [0.3, 0.4) is 0 Å². The summed E-state index contributed by atoms with van der Waals surface area (Å²) >= 11 is 0. The molecular weight excluding hydrogens is 657 g/mol. The molecule has 284 valence electrons. The van der Waals surface area contributed by atoms with Gasteiger partial charge < -0.3 is 31.3 Å². The number of ketones is 1. The maximum Gasteiger partial charge on any atom is 0.389 e. The summed E-state index contributed by atoms with van der Waals surface area (Å²) in [6, 6.07) is -5.33. The number of aliphatic hydroxyl groups excluding tert-OH is 1. The third-order valence-electron chi connectivity index (χ3n) is 10.4. The molecule has 7 atom stereocenters. The van der Waals surface area contributed by atoms with E-state index in [0.717, 1.165) is 12.8 Å². The van der Waals surface area contributed by atoms with Gasteiger partial charge in [0.05, 0.1) is 18.1 Å². The van der Waals surface area contributed by atoms with Crippen molar-refractivity contribution in [2.24, 2.45) is 28.1 Å². The van der Waals surface area contributed by atoms with Gasteiger partial charge in [-0.2, -0.15) is 13.2 Å². The number of nitrogens with one attached hydrogen (secondary N) is 4. The Morgan fingerprint density at radius 2 is 1.56 bits per heavy atom. The summed E-state index contributed by atoms with van der Waals surface area (Å²) in [7, 11) is 0. The van der Waals surface area contributed by atoms with Crippen molar-refractivity contribution in [2.75, 3.05) is 26.2 Å². The smallest absolute Gasteiger partial charge is 0.376 e. The summed E-state index contributed by atoms with van der Waals surface area (Å²) in [6.07, 6.45) is -4.69. The van der Waals surface area contributed by atoms with Gasteiger partial charge in [-0.25, -0.2) is 4.79 Å². The van der Waals surface area contributed by atoms with E-state index in [0.29, 0.717) is 19.5 Å². The molecule has 2 unspecified atom stereocenters. The molecule has 0 aromatic heterocycles. The topological polar surface area (TPSA) is 160 Å². The van der Waals surface area contributed by atoms with Crippen molar-refractivity contribution in [3.63, 3.8) is 0 Å². The Labute approximate surface area is 293 Å². The van der Waals surface area contributed by atoms with Gasteiger partial charge in [0.25, 0.3) is 5.91 Å². The highest BCUT2D eigenvalue weighted by atomic mass is 19.4. The summed E-state index contributed by atoms with van der Waals surface area (Å²) in [5.74, 6) is -3.73. The molecule has 0 aromatic carbocycles. The highest BCUT2D eigenvalue weighted by molar-refractivity contribution is 6.38. The summed E-state index contributed by atoms with van der Waals surface area (Å²) in [5.41, 5.74) is -1.62. The van der Waals surface area contributed by atoms with Crippen LogP contribution in [0.15, 0.2) is 12.7 Å². The number of urea groups is 1. The number of hydrogen-bond acceptors (Lipinski definition) is 7. The van der Waals surface area contributed by atoms with Crippen LogP contribution in [0.1, 0.15) is 87.5 Å². The first-order chi connectivity index (χ1) is 22.9. The van der Waals surface area contributed by atoms with Crippen LogP contribution in [-0.4, -0.2) is 107 Å². The largest absolute Gasteiger partial charge is 0.389 e. The minimum atomic E-state index is -4.64. The van der Waals surface area contributed by atoms with Crippen molar-refractivity contribution in [2.45, 2.75) is 124 Å². The van der Waals surface area contributed by atoms with E-state index in [1.165, 1.54) is 11.0 Å². The Balaban J connectivity index is 1.88. The van der Waals surface area contributed by atoms with E-state index >= 15 is 0 Å². The predicted molar refractivity (Wildman–Crippen MR) is 181 cm³/mol. The predicted octanol–water partition coefficient (Wildman–Crippen LogP) is 3.10. The number of rotatable bonds is 13. The molecule has 5 N–H and O–H groups in total. The molecule has 1 saturated carbocycles. The monoisotopic (exact) mass is 714 g/mol. The lowest BCUT2D eigenvalue weighted by atomic mass is 9.55. The number of carbonyl (C=O) groups is 5. The van der Waals surface area contributed by atoms with E-state index in [-0.39, 0.29) is 36.2 Å². The number of likely N-dealkylation sites (tertiary alicyclic amines) is 2. The summed E-state index contributed by atoms with van der Waals surface area (Å²) in [4.78, 5) is 69.7. The van der Waals surface area contributed by atoms with Gasteiger partial charge in [-0.1, -0.05) is 61.5 Å². The first-order valence-corrected chi connectivity index (χ1v) is 17.5. The minimum absolute atomic E-state index is 0.0779. The number of alkyl halides is 3. The number of amides is 5. The van der Waals surface area contributed by atoms with E-state index in [2.05, 4.69) is 27.8 Å². The van der Waals surface area contributed by atoms with Crippen molar-refractivity contribution < 1.29 is 42.3 Å². The van der Waals surface area contributed by atoms with Crippen LogP contribution in [0.5, 0.6) is 0 Å². The zero-order valence-corrected chi connectivity index (χ0v) is 30.7. The fourth-order valence-electron chi connectivity index (χ4n) is 7.50. The van der Waals surface area contributed by atoms with Crippen LogP contribution in [0.4, 0.5) is 18.0 Å². The second-order valence-corrected chi connectivity index (χ2v) is 16.9. The van der Waals surface area contributed by atoms with E-state index < -0.39 is 83.9 Å². The molecule has 2 saturated heterocycles. The molecule has 3 fully saturated rings. The molecular formula is C35H57F3N6O6. The van der Waals surface area contributed by atoms with Gasteiger partial charge >= 0.3 is 12.2 Å². The van der Waals surface area contributed by atoms with Crippen molar-refractivity contribution >= 4 is 29.5 Å². The van der Waals surface area contributed by atoms with Crippen LogP contribution in [-0.2, 0) is 19.2 Å². The Kier molecular flexibility index (Phi) is 12.8. The number of carbonyl (C=O) groups excluding carboxylic acids is 5. The summed E-state index contributed by atoms with van der Waals surface area (Å²) in [5, 5.41) is 22.4. The van der Waals surface area contributed by atoms with E-state index in [1.807, 2.05) is 34.6 Å². The lowest BCUT2D eigenvalue weighted by Crippen LogP contribution is -2.64. The Hall–Kier alpha value is -3.20. The Morgan fingerprint density at radius 3 is 2.06 bits per heavy atom. The van der Waals surface area contributed by atoms with Crippen LogP contribution in [0.25, 0.3) is 0 Å². The standard InChI is InChI=1S/C35H57F3N6O6/c1-10-15-39-28(47)24(45)22(13-14-35(36,37)38)40-27(46)23-20-18-34(8,9)21(20)19-44(23)30(49)26(33(5,6)7)42-31(50)41-25(32(2,3)4)29(48)43-16-11-12-17-43/h10,20-23,25-26,30,49H,1,11-19H2,2-9H3,(H,39,47)(H,40,46)(H2,41,42,50)/t20-,21-,22?,23-,25+,26+,30?/m0/s1. The molecule has 0 aromatic rings. The minimum Gasteiger partial charge on any atom is -0.376 e. The molecule has 0 radical (unpaired) electrons. The Bertz CT molecular complexity index is 1290. The van der Waals surface area contributed by atoms with E-state index in [9.17, 15) is 42.3 Å². The summed E-state index contributed by atoms with van der Waals surface area (Å²) in [6.45, 7) is 19.8. The highest BCUT2D eigenvalue weighted by Gasteiger charge is 2.61. The number of fused-ring (bicyclic) bond motifs is 1. The van der Waals surface area contributed by atoms with E-state index in [4.69, 9.17) is 0 Å². The van der Waals surface area contributed by atoms with Gasteiger partial charge in [-0.3, -0.25) is 24.1 Å². The number of aliphatic hydroxyl groups is 1. The summed E-state index contributed by atoms with van der Waals surface area (Å²) < 4.78 is 39.7. The second-order valence-electron chi connectivity index (χ2n) is 16.9. The molecule has 15 heteroatoms. The van der Waals surface area contributed by atoms with Crippen molar-refractivity contribution in [3.8, 4) is 0 Å². The van der Waals surface area contributed by atoms with Crippen molar-refractivity contribution in [3.05, 3.63) is 12.7 Å². The molecule has 2 heterocycles. The molecule has 1 aliphatic carbocycles. The fraction of sp³-hybridized carbons (Fsp3) is 0.800. The molecule has 3 rings (SSSR count). The zero-order chi connectivity index (χ0) is 38.0. The van der Waals surface area contributed by atoms with Crippen LogP contribution in [0.2, 0.25) is 0 Å². The maximum atomic E-state index is 14.0. The molecule has 50 heavy (non-hydrogen) atoms. The van der Waals surface area contributed by atoms with Gasteiger partial charge in [0.1, 0.15) is 12.3 Å². The number of halogens is 3. The molecule has 2 aliphatic heterocycles. The second kappa shape index (κ2) is 15.6. The van der Waals surface area contributed by atoms with E-state index in [1.54, 1.807) is 25.7 Å². The molecule has 0 spiro atoms. The normalized spacial score (nSPS) is 24.6. The fourth-order valence-corrected chi connectivity index (χ4v) is 7.50. The van der Waals surface area contributed by atoms with Crippen molar-refractivity contribution in [1.29, 1.82) is 0 Å².